The summed E-state index contributed by atoms with van der Waals surface area (Å²) < 4.78 is 0. The van der Waals surface area contributed by atoms with Crippen LogP contribution in [0.15, 0.2) is 30.3 Å². The summed E-state index contributed by atoms with van der Waals surface area (Å²) in [5, 5.41) is 11.4. The second-order valence-corrected chi connectivity index (χ2v) is 3.97. The molecule has 0 aliphatic carbocycles. The van der Waals surface area contributed by atoms with Crippen LogP contribution in [-0.2, 0) is 16.0 Å². The number of carboxylic acids is 1. The number of rotatable bonds is 6. The van der Waals surface area contributed by atoms with E-state index in [4.69, 9.17) is 16.7 Å². The lowest BCUT2D eigenvalue weighted by Gasteiger charge is -2.14. The molecule has 0 aliphatic heterocycles. The summed E-state index contributed by atoms with van der Waals surface area (Å²) in [5.41, 5.74) is 0.867. The predicted octanol–water partition coefficient (Wildman–Crippen LogP) is 1.43. The number of halogens is 1. The van der Waals surface area contributed by atoms with Gasteiger partial charge in [0.15, 0.2) is 0 Å². The van der Waals surface area contributed by atoms with Crippen molar-refractivity contribution in [3.8, 4) is 0 Å². The number of hydrogen-bond donors (Lipinski definition) is 2. The largest absolute Gasteiger partial charge is 0.480 e. The van der Waals surface area contributed by atoms with E-state index in [1.165, 1.54) is 0 Å². The van der Waals surface area contributed by atoms with Gasteiger partial charge in [-0.2, -0.15) is 0 Å². The van der Waals surface area contributed by atoms with Crippen LogP contribution in [0.3, 0.4) is 0 Å². The molecule has 0 spiro atoms. The fourth-order valence-corrected chi connectivity index (χ4v) is 1.57. The normalized spacial score (nSPS) is 11.8. The summed E-state index contributed by atoms with van der Waals surface area (Å²) in [5.74, 6) is -1.20. The van der Waals surface area contributed by atoms with Gasteiger partial charge in [-0.25, -0.2) is 4.79 Å². The van der Waals surface area contributed by atoms with Crippen molar-refractivity contribution in [3.63, 3.8) is 0 Å². The van der Waals surface area contributed by atoms with Crippen molar-refractivity contribution < 1.29 is 14.7 Å². The average molecular weight is 256 g/mol. The summed E-state index contributed by atoms with van der Waals surface area (Å²) in [4.78, 5) is 22.3. The molecule has 1 aromatic carbocycles. The molecule has 2 N–H and O–H groups in total. The number of benzene rings is 1. The molecule has 0 saturated heterocycles. The third-order valence-electron chi connectivity index (χ3n) is 2.24. The van der Waals surface area contributed by atoms with Crippen molar-refractivity contribution in [2.45, 2.75) is 18.9 Å². The van der Waals surface area contributed by atoms with Gasteiger partial charge in [0.1, 0.15) is 6.04 Å². The number of amides is 1. The predicted molar refractivity (Wildman–Crippen MR) is 65.0 cm³/mol. The van der Waals surface area contributed by atoms with E-state index in [2.05, 4.69) is 5.32 Å². The molecule has 1 rings (SSSR count). The molecule has 0 radical (unpaired) electrons. The smallest absolute Gasteiger partial charge is 0.326 e. The average Bonchev–Trinajstić information content (AvgIpc) is 2.29. The summed E-state index contributed by atoms with van der Waals surface area (Å²) in [6.45, 7) is 0. The minimum atomic E-state index is -1.04. The molecule has 0 fully saturated rings. The van der Waals surface area contributed by atoms with E-state index in [0.29, 0.717) is 0 Å². The Bertz CT molecular complexity index is 381. The number of alkyl halides is 1. The van der Waals surface area contributed by atoms with Crippen LogP contribution in [0.2, 0.25) is 0 Å². The summed E-state index contributed by atoms with van der Waals surface area (Å²) in [7, 11) is 0. The van der Waals surface area contributed by atoms with Gasteiger partial charge in [-0.05, 0) is 5.56 Å². The Labute approximate surface area is 105 Å². The molecule has 92 valence electrons. The standard InChI is InChI=1S/C12H14ClNO3/c13-7-6-11(15)14-10(12(16)17)8-9-4-2-1-3-5-9/h1-5,10H,6-8H2,(H,14,15)(H,16,17). The van der Waals surface area contributed by atoms with Gasteiger partial charge in [0.25, 0.3) is 0 Å². The molecule has 0 bridgehead atoms. The van der Waals surface area contributed by atoms with E-state index in [1.807, 2.05) is 30.3 Å². The molecule has 1 aromatic rings. The first kappa shape index (κ1) is 13.5. The molecule has 0 aromatic heterocycles. The second-order valence-electron chi connectivity index (χ2n) is 3.59. The first-order valence-corrected chi connectivity index (χ1v) is 5.79. The Morgan fingerprint density at radius 3 is 2.47 bits per heavy atom. The molecule has 5 heteroatoms. The Balaban J connectivity index is 2.61. The summed E-state index contributed by atoms with van der Waals surface area (Å²) in [6, 6.07) is 8.25. The lowest BCUT2D eigenvalue weighted by atomic mass is 10.1. The van der Waals surface area contributed by atoms with Crippen LogP contribution in [0.1, 0.15) is 12.0 Å². The van der Waals surface area contributed by atoms with Crippen LogP contribution in [-0.4, -0.2) is 28.9 Å². The topological polar surface area (TPSA) is 66.4 Å². The van der Waals surface area contributed by atoms with Crippen LogP contribution in [0.25, 0.3) is 0 Å². The summed E-state index contributed by atoms with van der Waals surface area (Å²) in [6.07, 6.45) is 0.393. The Hall–Kier alpha value is -1.55. The van der Waals surface area contributed by atoms with Crippen LogP contribution in [0.5, 0.6) is 0 Å². The van der Waals surface area contributed by atoms with Gasteiger partial charge >= 0.3 is 5.97 Å². The number of carbonyl (C=O) groups is 2. The molecule has 0 saturated carbocycles. The number of carboxylic acid groups (broad SMARTS) is 1. The zero-order chi connectivity index (χ0) is 12.7. The maximum atomic E-state index is 11.3. The molecule has 1 atom stereocenters. The molecule has 1 unspecified atom stereocenters. The van der Waals surface area contributed by atoms with Crippen molar-refractivity contribution in [2.24, 2.45) is 0 Å². The number of hydrogen-bond acceptors (Lipinski definition) is 2. The molecule has 17 heavy (non-hydrogen) atoms. The Morgan fingerprint density at radius 2 is 1.94 bits per heavy atom. The highest BCUT2D eigenvalue weighted by atomic mass is 35.5. The molecular formula is C12H14ClNO3. The fourth-order valence-electron chi connectivity index (χ4n) is 1.40. The van der Waals surface area contributed by atoms with Gasteiger partial charge in [0.2, 0.25) is 5.91 Å². The number of nitrogens with one attached hydrogen (secondary N) is 1. The zero-order valence-corrected chi connectivity index (χ0v) is 9.98. The maximum absolute atomic E-state index is 11.3. The monoisotopic (exact) mass is 255 g/mol. The minimum absolute atomic E-state index is 0.125. The second kappa shape index (κ2) is 6.91. The van der Waals surface area contributed by atoms with Gasteiger partial charge in [-0.1, -0.05) is 30.3 Å². The van der Waals surface area contributed by atoms with E-state index >= 15 is 0 Å². The first-order valence-electron chi connectivity index (χ1n) is 5.25. The zero-order valence-electron chi connectivity index (χ0n) is 9.23. The number of carbonyl (C=O) groups excluding carboxylic acids is 1. The highest BCUT2D eigenvalue weighted by Crippen LogP contribution is 2.03. The SMILES string of the molecule is O=C(CCCl)NC(Cc1ccccc1)C(=O)O. The highest BCUT2D eigenvalue weighted by molar-refractivity contribution is 6.18. The van der Waals surface area contributed by atoms with Gasteiger partial charge in [-0.15, -0.1) is 11.6 Å². The van der Waals surface area contributed by atoms with E-state index in [9.17, 15) is 9.59 Å². The van der Waals surface area contributed by atoms with Crippen LogP contribution < -0.4 is 5.32 Å². The van der Waals surface area contributed by atoms with E-state index in [-0.39, 0.29) is 24.6 Å². The quantitative estimate of drug-likeness (QED) is 0.756. The lowest BCUT2D eigenvalue weighted by molar-refractivity contribution is -0.141. The third-order valence-corrected chi connectivity index (χ3v) is 2.43. The molecule has 0 heterocycles. The van der Waals surface area contributed by atoms with Crippen LogP contribution >= 0.6 is 11.6 Å². The van der Waals surface area contributed by atoms with Crippen molar-refractivity contribution in [1.82, 2.24) is 5.32 Å². The van der Waals surface area contributed by atoms with Crippen LogP contribution in [0, 0.1) is 0 Å². The van der Waals surface area contributed by atoms with Gasteiger partial charge < -0.3 is 10.4 Å². The third kappa shape index (κ3) is 4.87. The van der Waals surface area contributed by atoms with Gasteiger partial charge in [0, 0.05) is 18.7 Å². The van der Waals surface area contributed by atoms with Crippen molar-refractivity contribution in [2.75, 3.05) is 5.88 Å². The fraction of sp³-hybridized carbons (Fsp3) is 0.333. The van der Waals surface area contributed by atoms with E-state index in [1.54, 1.807) is 0 Å². The van der Waals surface area contributed by atoms with Gasteiger partial charge in [-0.3, -0.25) is 4.79 Å². The van der Waals surface area contributed by atoms with Gasteiger partial charge in [0.05, 0.1) is 0 Å². The Morgan fingerprint density at radius 1 is 1.29 bits per heavy atom. The van der Waals surface area contributed by atoms with Crippen molar-refractivity contribution in [1.29, 1.82) is 0 Å². The maximum Gasteiger partial charge on any atom is 0.326 e. The number of aliphatic carboxylic acids is 1. The van der Waals surface area contributed by atoms with Crippen molar-refractivity contribution in [3.05, 3.63) is 35.9 Å². The molecule has 0 aliphatic rings. The Kier molecular flexibility index (Phi) is 5.49. The summed E-state index contributed by atoms with van der Waals surface area (Å²) >= 11 is 5.41. The molecular weight excluding hydrogens is 242 g/mol. The first-order chi connectivity index (χ1) is 8.13. The molecule has 4 nitrogen and oxygen atoms in total. The molecule has 1 amide bonds. The highest BCUT2D eigenvalue weighted by Gasteiger charge is 2.19. The van der Waals surface area contributed by atoms with Crippen LogP contribution in [0.4, 0.5) is 0 Å². The minimum Gasteiger partial charge on any atom is -0.480 e. The van der Waals surface area contributed by atoms with Crippen molar-refractivity contribution >= 4 is 23.5 Å². The van der Waals surface area contributed by atoms with E-state index in [0.717, 1.165) is 5.56 Å². The lowest BCUT2D eigenvalue weighted by Crippen LogP contribution is -2.42. The van der Waals surface area contributed by atoms with E-state index < -0.39 is 12.0 Å².